The number of hydrogen-bond acceptors (Lipinski definition) is 4. The molecule has 0 aliphatic heterocycles. The predicted octanol–water partition coefficient (Wildman–Crippen LogP) is 3.03. The minimum Gasteiger partial charge on any atom is -0.330 e. The molecule has 3 nitrogen and oxygen atoms in total. The average molecular weight is 277 g/mol. The summed E-state index contributed by atoms with van der Waals surface area (Å²) in [5, 5.41) is 1.21. The van der Waals surface area contributed by atoms with Crippen LogP contribution < -0.4 is 5.73 Å². The normalized spacial score (nSPS) is 11.6. The number of hydrogen-bond donors (Lipinski definition) is 1. The van der Waals surface area contributed by atoms with Gasteiger partial charge >= 0.3 is 0 Å². The molecule has 2 N–H and O–H groups in total. The van der Waals surface area contributed by atoms with E-state index < -0.39 is 0 Å². The van der Waals surface area contributed by atoms with Crippen molar-refractivity contribution in [3.05, 3.63) is 28.8 Å². The van der Waals surface area contributed by atoms with Gasteiger partial charge in [0.05, 0.1) is 15.2 Å². The van der Waals surface area contributed by atoms with Gasteiger partial charge in [-0.05, 0) is 43.8 Å². The first-order valence-corrected chi connectivity index (χ1v) is 7.89. The molecule has 19 heavy (non-hydrogen) atoms. The molecular weight excluding hydrogens is 254 g/mol. The minimum absolute atomic E-state index is 0.739. The van der Waals surface area contributed by atoms with Crippen molar-refractivity contribution in [1.29, 1.82) is 0 Å². The Labute approximate surface area is 119 Å². The van der Waals surface area contributed by atoms with Crippen LogP contribution in [0.3, 0.4) is 0 Å². The summed E-state index contributed by atoms with van der Waals surface area (Å²) >= 11 is 1.81. The van der Waals surface area contributed by atoms with Gasteiger partial charge in [0.25, 0.3) is 0 Å². The number of nitrogens with two attached hydrogens (primary N) is 1. The fraction of sp³-hybridized carbons (Fsp3) is 0.533. The van der Waals surface area contributed by atoms with E-state index in [1.807, 2.05) is 11.3 Å². The highest BCUT2D eigenvalue weighted by molar-refractivity contribution is 7.18. The maximum absolute atomic E-state index is 5.55. The second-order valence-corrected chi connectivity index (χ2v) is 5.88. The number of benzene rings is 1. The molecule has 0 radical (unpaired) electrons. The molecule has 1 aromatic carbocycles. The zero-order chi connectivity index (χ0) is 13.7. The zero-order valence-electron chi connectivity index (χ0n) is 11.9. The van der Waals surface area contributed by atoms with Crippen molar-refractivity contribution < 1.29 is 0 Å². The molecule has 1 heterocycles. The fourth-order valence-corrected chi connectivity index (χ4v) is 3.25. The largest absolute Gasteiger partial charge is 0.330 e. The molecule has 0 fully saturated rings. The zero-order valence-corrected chi connectivity index (χ0v) is 12.7. The lowest BCUT2D eigenvalue weighted by Gasteiger charge is -2.17. The highest BCUT2D eigenvalue weighted by Gasteiger charge is 2.06. The minimum atomic E-state index is 0.739. The van der Waals surface area contributed by atoms with Crippen LogP contribution in [0, 0.1) is 0 Å². The molecule has 0 aliphatic rings. The molecule has 0 bridgehead atoms. The van der Waals surface area contributed by atoms with Crippen LogP contribution in [0.15, 0.2) is 18.2 Å². The summed E-state index contributed by atoms with van der Waals surface area (Å²) in [6.07, 6.45) is 2.02. The first kappa shape index (κ1) is 14.4. The van der Waals surface area contributed by atoms with Gasteiger partial charge in [-0.2, -0.15) is 0 Å². The van der Waals surface area contributed by atoms with E-state index in [1.165, 1.54) is 15.3 Å². The number of fused-ring (bicyclic) bond motifs is 1. The molecule has 0 aliphatic carbocycles. The van der Waals surface area contributed by atoms with Crippen molar-refractivity contribution in [2.24, 2.45) is 5.73 Å². The van der Waals surface area contributed by atoms with E-state index in [4.69, 9.17) is 5.73 Å². The van der Waals surface area contributed by atoms with Crippen LogP contribution in [0.1, 0.15) is 30.8 Å². The number of rotatable bonds is 7. The van der Waals surface area contributed by atoms with Crippen molar-refractivity contribution in [1.82, 2.24) is 9.88 Å². The van der Waals surface area contributed by atoms with Gasteiger partial charge in [-0.3, -0.25) is 4.90 Å². The Morgan fingerprint density at radius 2 is 2.05 bits per heavy atom. The number of aryl methyl sites for hydroxylation is 1. The van der Waals surface area contributed by atoms with Gasteiger partial charge in [-0.15, -0.1) is 11.3 Å². The third-order valence-corrected chi connectivity index (χ3v) is 4.47. The smallest absolute Gasteiger partial charge is 0.0939 e. The van der Waals surface area contributed by atoms with E-state index in [-0.39, 0.29) is 0 Å². The van der Waals surface area contributed by atoms with Gasteiger partial charge in [0, 0.05) is 13.0 Å². The Balaban J connectivity index is 2.15. The monoisotopic (exact) mass is 277 g/mol. The summed E-state index contributed by atoms with van der Waals surface area (Å²) in [6.45, 7) is 8.37. The summed E-state index contributed by atoms with van der Waals surface area (Å²) in [5.41, 5.74) is 8.06. The SMILES string of the molecule is CCN(CC)Cc1ccc2nc(CCCN)sc2c1. The molecule has 0 spiro atoms. The Bertz CT molecular complexity index is 517. The fourth-order valence-electron chi connectivity index (χ4n) is 2.18. The van der Waals surface area contributed by atoms with Gasteiger partial charge in [0.2, 0.25) is 0 Å². The third kappa shape index (κ3) is 3.75. The molecule has 2 rings (SSSR count). The van der Waals surface area contributed by atoms with Crippen LogP contribution >= 0.6 is 11.3 Å². The Kier molecular flexibility index (Phi) is 5.31. The predicted molar refractivity (Wildman–Crippen MR) is 83.6 cm³/mol. The Morgan fingerprint density at radius 1 is 1.26 bits per heavy atom. The van der Waals surface area contributed by atoms with Gasteiger partial charge in [0.1, 0.15) is 0 Å². The van der Waals surface area contributed by atoms with Crippen molar-refractivity contribution in [3.8, 4) is 0 Å². The molecule has 0 amide bonds. The van der Waals surface area contributed by atoms with Gasteiger partial charge < -0.3 is 5.73 Å². The quantitative estimate of drug-likeness (QED) is 0.846. The number of thiazole rings is 1. The van der Waals surface area contributed by atoms with Crippen molar-refractivity contribution in [2.45, 2.75) is 33.2 Å². The molecule has 0 atom stereocenters. The summed E-state index contributed by atoms with van der Waals surface area (Å²) in [5.74, 6) is 0. The molecule has 0 unspecified atom stereocenters. The molecule has 104 valence electrons. The average Bonchev–Trinajstić information content (AvgIpc) is 2.84. The van der Waals surface area contributed by atoms with E-state index >= 15 is 0 Å². The van der Waals surface area contributed by atoms with Crippen LogP contribution in [0.5, 0.6) is 0 Å². The second kappa shape index (κ2) is 6.98. The highest BCUT2D eigenvalue weighted by atomic mass is 32.1. The Hall–Kier alpha value is -0.970. The van der Waals surface area contributed by atoms with Gasteiger partial charge in [-0.25, -0.2) is 4.98 Å². The molecular formula is C15H23N3S. The van der Waals surface area contributed by atoms with Gasteiger partial charge in [-0.1, -0.05) is 19.9 Å². The van der Waals surface area contributed by atoms with Crippen molar-refractivity contribution in [2.75, 3.05) is 19.6 Å². The van der Waals surface area contributed by atoms with E-state index in [9.17, 15) is 0 Å². The second-order valence-electron chi connectivity index (χ2n) is 4.76. The highest BCUT2D eigenvalue weighted by Crippen LogP contribution is 2.24. The first-order valence-electron chi connectivity index (χ1n) is 7.07. The molecule has 2 aromatic rings. The lowest BCUT2D eigenvalue weighted by atomic mass is 10.2. The van der Waals surface area contributed by atoms with Crippen LogP contribution in [0.25, 0.3) is 10.2 Å². The third-order valence-electron chi connectivity index (χ3n) is 3.39. The topological polar surface area (TPSA) is 42.2 Å². The lowest BCUT2D eigenvalue weighted by molar-refractivity contribution is 0.296. The summed E-state index contributed by atoms with van der Waals surface area (Å²) in [6, 6.07) is 6.64. The van der Waals surface area contributed by atoms with Crippen molar-refractivity contribution in [3.63, 3.8) is 0 Å². The maximum Gasteiger partial charge on any atom is 0.0939 e. The molecule has 0 saturated carbocycles. The first-order chi connectivity index (χ1) is 9.26. The van der Waals surface area contributed by atoms with Crippen LogP contribution in [0.2, 0.25) is 0 Å². The summed E-state index contributed by atoms with van der Waals surface area (Å²) < 4.78 is 1.30. The van der Waals surface area contributed by atoms with Crippen LogP contribution in [0.4, 0.5) is 0 Å². The van der Waals surface area contributed by atoms with E-state index in [2.05, 4.69) is 41.9 Å². The Morgan fingerprint density at radius 3 is 2.74 bits per heavy atom. The lowest BCUT2D eigenvalue weighted by Crippen LogP contribution is -2.21. The van der Waals surface area contributed by atoms with E-state index in [1.54, 1.807) is 0 Å². The molecule has 0 saturated heterocycles. The molecule has 1 aromatic heterocycles. The summed E-state index contributed by atoms with van der Waals surface area (Å²) in [7, 11) is 0. The van der Waals surface area contributed by atoms with E-state index in [0.29, 0.717) is 0 Å². The number of aromatic nitrogens is 1. The number of nitrogens with zero attached hydrogens (tertiary/aromatic N) is 2. The standard InChI is InChI=1S/C15H23N3S/c1-3-18(4-2)11-12-7-8-13-14(10-12)19-15(17-13)6-5-9-16/h7-8,10H,3-6,9,11,16H2,1-2H3. The molecule has 4 heteroatoms. The van der Waals surface area contributed by atoms with Crippen molar-refractivity contribution >= 4 is 21.6 Å². The maximum atomic E-state index is 5.55. The van der Waals surface area contributed by atoms with Gasteiger partial charge in [0.15, 0.2) is 0 Å². The van der Waals surface area contributed by atoms with E-state index in [0.717, 1.165) is 44.5 Å². The van der Waals surface area contributed by atoms with Crippen LogP contribution in [-0.4, -0.2) is 29.5 Å². The summed E-state index contributed by atoms with van der Waals surface area (Å²) in [4.78, 5) is 7.09. The van der Waals surface area contributed by atoms with Crippen LogP contribution in [-0.2, 0) is 13.0 Å².